The van der Waals surface area contributed by atoms with Crippen LogP contribution < -0.4 is 0 Å². The van der Waals surface area contributed by atoms with Gasteiger partial charge in [-0.15, -0.1) is 0 Å². The quantitative estimate of drug-likeness (QED) is 0.668. The van der Waals surface area contributed by atoms with Gasteiger partial charge >= 0.3 is 0 Å². The summed E-state index contributed by atoms with van der Waals surface area (Å²) in [5, 5.41) is 0. The number of fused-ring (bicyclic) bond motifs is 2. The van der Waals surface area contributed by atoms with Crippen molar-refractivity contribution >= 4 is 0 Å². The number of aromatic nitrogens is 2. The molecule has 0 amide bonds. The van der Waals surface area contributed by atoms with Gasteiger partial charge in [-0.25, -0.2) is 9.97 Å². The molecule has 4 nitrogen and oxygen atoms in total. The minimum Gasteiger partial charge on any atom is -0.376 e. The van der Waals surface area contributed by atoms with Crippen molar-refractivity contribution in [2.24, 2.45) is 0 Å². The molecule has 0 bridgehead atoms. The second kappa shape index (κ2) is 7.36. The normalized spacial score (nSPS) is 21.4. The van der Waals surface area contributed by atoms with Gasteiger partial charge in [0.15, 0.2) is 5.82 Å². The summed E-state index contributed by atoms with van der Waals surface area (Å²) < 4.78 is 6.07. The molecule has 29 heavy (non-hydrogen) atoms. The molecule has 0 aliphatic carbocycles. The number of hydrogen-bond donors (Lipinski definition) is 0. The third-order valence-corrected chi connectivity index (χ3v) is 6.29. The Bertz CT molecular complexity index is 1030. The monoisotopic (exact) mass is 385 g/mol. The molecule has 1 fully saturated rings. The zero-order valence-corrected chi connectivity index (χ0v) is 17.2. The molecule has 0 unspecified atom stereocenters. The molecule has 5 rings (SSSR count). The number of hydrogen-bond acceptors (Lipinski definition) is 4. The first-order valence-electron chi connectivity index (χ1n) is 10.4. The molecule has 148 valence electrons. The molecule has 0 saturated carbocycles. The number of benzene rings is 2. The lowest BCUT2D eigenvalue weighted by Gasteiger charge is -2.35. The first kappa shape index (κ1) is 18.5. The van der Waals surface area contributed by atoms with Crippen molar-refractivity contribution in [3.8, 4) is 11.4 Å². The van der Waals surface area contributed by atoms with Gasteiger partial charge < -0.3 is 4.74 Å². The van der Waals surface area contributed by atoms with Crippen molar-refractivity contribution in [3.63, 3.8) is 0 Å². The highest BCUT2D eigenvalue weighted by atomic mass is 16.5. The Balaban J connectivity index is 1.48. The topological polar surface area (TPSA) is 38.2 Å². The molecular weight excluding hydrogens is 358 g/mol. The van der Waals surface area contributed by atoms with Gasteiger partial charge in [0.25, 0.3) is 0 Å². The summed E-state index contributed by atoms with van der Waals surface area (Å²) in [7, 11) is 0. The van der Waals surface area contributed by atoms with Crippen molar-refractivity contribution in [2.45, 2.75) is 38.8 Å². The summed E-state index contributed by atoms with van der Waals surface area (Å²) in [6, 6.07) is 19.1. The Morgan fingerprint density at radius 1 is 1.03 bits per heavy atom. The predicted molar refractivity (Wildman–Crippen MR) is 115 cm³/mol. The third kappa shape index (κ3) is 3.47. The smallest absolute Gasteiger partial charge is 0.159 e. The highest BCUT2D eigenvalue weighted by molar-refractivity contribution is 5.56. The first-order chi connectivity index (χ1) is 14.1. The summed E-state index contributed by atoms with van der Waals surface area (Å²) in [5.41, 5.74) is 7.19. The molecule has 3 heterocycles. The van der Waals surface area contributed by atoms with Gasteiger partial charge in [-0.3, -0.25) is 4.90 Å². The molecule has 0 radical (unpaired) electrons. The number of aryl methyl sites for hydroxylation is 2. The van der Waals surface area contributed by atoms with E-state index in [1.54, 1.807) is 0 Å². The number of nitrogens with zero attached hydrogens (tertiary/aromatic N) is 3. The van der Waals surface area contributed by atoms with Gasteiger partial charge in [0.05, 0.1) is 24.3 Å². The van der Waals surface area contributed by atoms with Crippen LogP contribution in [-0.4, -0.2) is 34.6 Å². The summed E-state index contributed by atoms with van der Waals surface area (Å²) in [4.78, 5) is 12.5. The second-order valence-corrected chi connectivity index (χ2v) is 8.55. The number of likely N-dealkylation sites (tertiary alicyclic amines) is 1. The van der Waals surface area contributed by atoms with Gasteiger partial charge in [0.1, 0.15) is 0 Å². The van der Waals surface area contributed by atoms with E-state index in [1.165, 1.54) is 22.4 Å². The lowest BCUT2D eigenvalue weighted by Crippen LogP contribution is -2.41. The molecule has 1 saturated heterocycles. The van der Waals surface area contributed by atoms with Gasteiger partial charge in [-0.05, 0) is 32.4 Å². The van der Waals surface area contributed by atoms with E-state index >= 15 is 0 Å². The van der Waals surface area contributed by atoms with Gasteiger partial charge in [0, 0.05) is 29.9 Å². The maximum absolute atomic E-state index is 6.07. The highest BCUT2D eigenvalue weighted by Gasteiger charge is 2.45. The van der Waals surface area contributed by atoms with E-state index in [1.807, 2.05) is 18.2 Å². The Hall–Kier alpha value is -2.56. The minimum absolute atomic E-state index is 0.0331. The lowest BCUT2D eigenvalue weighted by atomic mass is 9.80. The molecule has 0 N–H and O–H groups in total. The molecule has 1 aromatic heterocycles. The van der Waals surface area contributed by atoms with E-state index in [4.69, 9.17) is 14.7 Å². The maximum atomic E-state index is 6.07. The fraction of sp³-hybridized carbons (Fsp3) is 0.360. The molecule has 1 atom stereocenters. The van der Waals surface area contributed by atoms with Crippen LogP contribution in [0.15, 0.2) is 54.6 Å². The third-order valence-electron chi connectivity index (χ3n) is 6.29. The van der Waals surface area contributed by atoms with Gasteiger partial charge in [0.2, 0.25) is 0 Å². The van der Waals surface area contributed by atoms with Crippen LogP contribution in [0.25, 0.3) is 11.4 Å². The van der Waals surface area contributed by atoms with Crippen LogP contribution in [0, 0.1) is 13.8 Å². The molecule has 2 aliphatic heterocycles. The standard InChI is InChI=1S/C25H27N3O/c1-18-7-6-8-20(13-18)14-28-12-11-25(16-28)17-29-15-22-19(2)26-24(27-23(22)25)21-9-4-3-5-10-21/h3-10,13H,11-12,14-17H2,1-2H3/t25-/m1/s1. The van der Waals surface area contributed by atoms with Crippen LogP contribution in [0.2, 0.25) is 0 Å². The molecule has 3 aromatic rings. The number of ether oxygens (including phenoxy) is 1. The summed E-state index contributed by atoms with van der Waals surface area (Å²) >= 11 is 0. The fourth-order valence-corrected chi connectivity index (χ4v) is 4.81. The first-order valence-corrected chi connectivity index (χ1v) is 10.4. The molecule has 1 spiro atoms. The SMILES string of the molecule is Cc1cccc(CN2CC[C@]3(COCc4c(C)nc(-c5ccccc5)nc43)C2)c1. The Morgan fingerprint density at radius 3 is 2.72 bits per heavy atom. The van der Waals surface area contributed by atoms with Crippen LogP contribution in [0.3, 0.4) is 0 Å². The van der Waals surface area contributed by atoms with E-state index < -0.39 is 0 Å². The van der Waals surface area contributed by atoms with Crippen molar-refractivity contribution in [2.75, 3.05) is 19.7 Å². The summed E-state index contributed by atoms with van der Waals surface area (Å²) in [6.45, 7) is 8.65. The minimum atomic E-state index is -0.0331. The van der Waals surface area contributed by atoms with Crippen LogP contribution >= 0.6 is 0 Å². The van der Waals surface area contributed by atoms with E-state index in [2.05, 4.69) is 55.1 Å². The van der Waals surface area contributed by atoms with Crippen molar-refractivity contribution < 1.29 is 4.74 Å². The van der Waals surface area contributed by atoms with Crippen LogP contribution in [0.1, 0.15) is 34.5 Å². The maximum Gasteiger partial charge on any atom is 0.159 e. The average Bonchev–Trinajstić information content (AvgIpc) is 3.12. The van der Waals surface area contributed by atoms with Crippen LogP contribution in [0.5, 0.6) is 0 Å². The largest absolute Gasteiger partial charge is 0.376 e. The van der Waals surface area contributed by atoms with Gasteiger partial charge in [-0.2, -0.15) is 0 Å². The Labute approximate surface area is 172 Å². The predicted octanol–water partition coefficient (Wildman–Crippen LogP) is 4.43. The second-order valence-electron chi connectivity index (χ2n) is 8.55. The van der Waals surface area contributed by atoms with E-state index in [9.17, 15) is 0 Å². The van der Waals surface area contributed by atoms with Crippen LogP contribution in [0.4, 0.5) is 0 Å². The Morgan fingerprint density at radius 2 is 1.90 bits per heavy atom. The summed E-state index contributed by atoms with van der Waals surface area (Å²) in [5.74, 6) is 0.834. The Kier molecular flexibility index (Phi) is 4.69. The molecule has 2 aromatic carbocycles. The molecular formula is C25H27N3O. The van der Waals surface area contributed by atoms with Crippen molar-refractivity contribution in [1.29, 1.82) is 0 Å². The van der Waals surface area contributed by atoms with E-state index in [0.717, 1.165) is 49.7 Å². The van der Waals surface area contributed by atoms with Crippen molar-refractivity contribution in [1.82, 2.24) is 14.9 Å². The lowest BCUT2D eigenvalue weighted by molar-refractivity contribution is 0.0498. The van der Waals surface area contributed by atoms with Crippen molar-refractivity contribution in [3.05, 3.63) is 82.7 Å². The molecule has 2 aliphatic rings. The van der Waals surface area contributed by atoms with Crippen LogP contribution in [-0.2, 0) is 23.3 Å². The highest BCUT2D eigenvalue weighted by Crippen LogP contribution is 2.41. The fourth-order valence-electron chi connectivity index (χ4n) is 4.81. The van der Waals surface area contributed by atoms with E-state index in [-0.39, 0.29) is 5.41 Å². The number of rotatable bonds is 3. The zero-order valence-electron chi connectivity index (χ0n) is 17.2. The zero-order chi connectivity index (χ0) is 19.8. The molecule has 4 heteroatoms. The average molecular weight is 386 g/mol. The van der Waals surface area contributed by atoms with E-state index in [0.29, 0.717) is 6.61 Å². The van der Waals surface area contributed by atoms with Gasteiger partial charge in [-0.1, -0.05) is 60.2 Å². The summed E-state index contributed by atoms with van der Waals surface area (Å²) in [6.07, 6.45) is 1.08.